The topological polar surface area (TPSA) is 86.1 Å². The fraction of sp³-hybridized carbons (Fsp3) is 0.273. The van der Waals surface area contributed by atoms with Crippen molar-refractivity contribution in [3.05, 3.63) is 34.3 Å². The van der Waals surface area contributed by atoms with Crippen LogP contribution < -0.4 is 5.32 Å². The third-order valence-corrected chi connectivity index (χ3v) is 3.16. The van der Waals surface area contributed by atoms with Gasteiger partial charge in [0.2, 0.25) is 5.91 Å². The van der Waals surface area contributed by atoms with Gasteiger partial charge in [0, 0.05) is 4.88 Å². The third-order valence-electron chi connectivity index (χ3n) is 2.28. The van der Waals surface area contributed by atoms with Gasteiger partial charge < -0.3 is 10.1 Å². The van der Waals surface area contributed by atoms with E-state index in [4.69, 9.17) is 0 Å². The van der Waals surface area contributed by atoms with E-state index in [1.165, 1.54) is 18.0 Å². The number of carbonyl (C=O) groups excluding carboxylic acids is 2. The molecule has 7 nitrogen and oxygen atoms in total. The molecule has 0 aromatic carbocycles. The number of aromatic nitrogens is 3. The van der Waals surface area contributed by atoms with Crippen molar-refractivity contribution in [3.8, 4) is 0 Å². The molecule has 0 saturated carbocycles. The summed E-state index contributed by atoms with van der Waals surface area (Å²) < 4.78 is 5.78. The average molecular weight is 280 g/mol. The van der Waals surface area contributed by atoms with Crippen molar-refractivity contribution in [2.24, 2.45) is 0 Å². The lowest BCUT2D eigenvalue weighted by Gasteiger charge is -2.02. The zero-order valence-electron chi connectivity index (χ0n) is 10.2. The maximum Gasteiger partial charge on any atom is 0.360 e. The quantitative estimate of drug-likeness (QED) is 0.803. The molecular formula is C11H12N4O3S. The summed E-state index contributed by atoms with van der Waals surface area (Å²) in [6.07, 6.45) is 1.37. The van der Waals surface area contributed by atoms with Crippen molar-refractivity contribution in [1.82, 2.24) is 20.3 Å². The second kappa shape index (κ2) is 6.10. The van der Waals surface area contributed by atoms with Gasteiger partial charge in [-0.15, -0.1) is 16.4 Å². The Kier molecular flexibility index (Phi) is 4.24. The number of hydrogen-bond acceptors (Lipinski definition) is 6. The molecule has 0 atom stereocenters. The first-order chi connectivity index (χ1) is 9.19. The zero-order valence-corrected chi connectivity index (χ0v) is 11.0. The molecule has 0 aliphatic rings. The third kappa shape index (κ3) is 3.62. The van der Waals surface area contributed by atoms with Gasteiger partial charge in [-0.05, 0) is 11.4 Å². The largest absolute Gasteiger partial charge is 0.464 e. The van der Waals surface area contributed by atoms with Crippen molar-refractivity contribution >= 4 is 23.2 Å². The summed E-state index contributed by atoms with van der Waals surface area (Å²) in [6.45, 7) is 0.491. The summed E-state index contributed by atoms with van der Waals surface area (Å²) in [5.41, 5.74) is 0.0774. The summed E-state index contributed by atoms with van der Waals surface area (Å²) in [5.74, 6) is -0.778. The van der Waals surface area contributed by atoms with Crippen LogP contribution >= 0.6 is 11.3 Å². The van der Waals surface area contributed by atoms with Crippen LogP contribution in [0.25, 0.3) is 0 Å². The summed E-state index contributed by atoms with van der Waals surface area (Å²) >= 11 is 1.57. The molecule has 0 unspecified atom stereocenters. The predicted molar refractivity (Wildman–Crippen MR) is 67.5 cm³/mol. The molecule has 0 spiro atoms. The highest BCUT2D eigenvalue weighted by Gasteiger charge is 2.12. The van der Waals surface area contributed by atoms with Gasteiger partial charge in [0.25, 0.3) is 0 Å². The number of carbonyl (C=O) groups is 2. The van der Waals surface area contributed by atoms with Crippen LogP contribution in [0.15, 0.2) is 23.7 Å². The fourth-order valence-corrected chi connectivity index (χ4v) is 2.02. The molecule has 0 aliphatic carbocycles. The standard InChI is InChI=1S/C11H12N4O3S/c1-18-11(17)9-6-15(14-13-9)7-10(16)12-5-8-3-2-4-19-8/h2-4,6H,5,7H2,1H3,(H,12,16). The van der Waals surface area contributed by atoms with Gasteiger partial charge in [-0.25, -0.2) is 9.48 Å². The molecule has 0 saturated heterocycles. The Balaban J connectivity index is 1.85. The van der Waals surface area contributed by atoms with E-state index in [1.54, 1.807) is 11.3 Å². The lowest BCUT2D eigenvalue weighted by Crippen LogP contribution is -2.27. The maximum atomic E-state index is 11.6. The lowest BCUT2D eigenvalue weighted by molar-refractivity contribution is -0.122. The molecule has 0 aliphatic heterocycles. The predicted octanol–water partition coefficient (Wildman–Crippen LogP) is 0.443. The van der Waals surface area contributed by atoms with Crippen molar-refractivity contribution in [3.63, 3.8) is 0 Å². The molecule has 8 heteroatoms. The van der Waals surface area contributed by atoms with Crippen LogP contribution in [0.5, 0.6) is 0 Å². The van der Waals surface area contributed by atoms with E-state index < -0.39 is 5.97 Å². The highest BCUT2D eigenvalue weighted by molar-refractivity contribution is 7.09. The average Bonchev–Trinajstić information content (AvgIpc) is 3.06. The molecule has 1 N–H and O–H groups in total. The summed E-state index contributed by atoms with van der Waals surface area (Å²) in [6, 6.07) is 3.86. The number of rotatable bonds is 5. The SMILES string of the molecule is COC(=O)c1cn(CC(=O)NCc2cccs2)nn1. The van der Waals surface area contributed by atoms with E-state index in [9.17, 15) is 9.59 Å². The Bertz CT molecular complexity index is 564. The van der Waals surface area contributed by atoms with Crippen LogP contribution in [0, 0.1) is 0 Å². The van der Waals surface area contributed by atoms with Crippen molar-refractivity contribution in [2.75, 3.05) is 7.11 Å². The number of esters is 1. The Hall–Kier alpha value is -2.22. The van der Waals surface area contributed by atoms with Crippen LogP contribution in [0.4, 0.5) is 0 Å². The van der Waals surface area contributed by atoms with Gasteiger partial charge in [-0.1, -0.05) is 11.3 Å². The minimum Gasteiger partial charge on any atom is -0.464 e. The summed E-state index contributed by atoms with van der Waals surface area (Å²) in [4.78, 5) is 23.9. The molecule has 1 amide bonds. The first-order valence-electron chi connectivity index (χ1n) is 5.46. The molecule has 0 radical (unpaired) electrons. The first-order valence-corrected chi connectivity index (χ1v) is 6.34. The smallest absolute Gasteiger partial charge is 0.360 e. The number of amides is 1. The van der Waals surface area contributed by atoms with Crippen LogP contribution in [0.3, 0.4) is 0 Å². The number of methoxy groups -OCH3 is 1. The van der Waals surface area contributed by atoms with Crippen LogP contribution in [0.2, 0.25) is 0 Å². The van der Waals surface area contributed by atoms with Crippen molar-refractivity contribution in [2.45, 2.75) is 13.1 Å². The Labute approximate surface area is 113 Å². The number of hydrogen-bond donors (Lipinski definition) is 1. The molecule has 2 rings (SSSR count). The van der Waals surface area contributed by atoms with Gasteiger partial charge in [-0.2, -0.15) is 0 Å². The molecule has 2 aromatic heterocycles. The van der Waals surface area contributed by atoms with Gasteiger partial charge >= 0.3 is 5.97 Å². The monoisotopic (exact) mass is 280 g/mol. The van der Waals surface area contributed by atoms with E-state index in [0.717, 1.165) is 4.88 Å². The molecule has 0 fully saturated rings. The second-order valence-corrected chi connectivity index (χ2v) is 4.68. The lowest BCUT2D eigenvalue weighted by atomic mass is 10.4. The first kappa shape index (κ1) is 13.2. The Morgan fingerprint density at radius 1 is 1.53 bits per heavy atom. The van der Waals surface area contributed by atoms with E-state index >= 15 is 0 Å². The molecule has 19 heavy (non-hydrogen) atoms. The summed E-state index contributed by atoms with van der Waals surface area (Å²) in [7, 11) is 1.26. The van der Waals surface area contributed by atoms with E-state index in [0.29, 0.717) is 6.54 Å². The summed E-state index contributed by atoms with van der Waals surface area (Å²) in [5, 5.41) is 12.0. The maximum absolute atomic E-state index is 11.6. The van der Waals surface area contributed by atoms with E-state index in [-0.39, 0.29) is 18.1 Å². The van der Waals surface area contributed by atoms with E-state index in [2.05, 4.69) is 20.4 Å². The molecule has 2 aromatic rings. The van der Waals surface area contributed by atoms with E-state index in [1.807, 2.05) is 17.5 Å². The molecule has 2 heterocycles. The molecule has 0 bridgehead atoms. The number of ether oxygens (including phenoxy) is 1. The molecular weight excluding hydrogens is 268 g/mol. The van der Waals surface area contributed by atoms with Crippen molar-refractivity contribution in [1.29, 1.82) is 0 Å². The van der Waals surface area contributed by atoms with Gasteiger partial charge in [0.15, 0.2) is 5.69 Å². The van der Waals surface area contributed by atoms with Crippen LogP contribution in [-0.4, -0.2) is 34.0 Å². The number of nitrogens with one attached hydrogen (secondary N) is 1. The fourth-order valence-electron chi connectivity index (χ4n) is 1.38. The van der Waals surface area contributed by atoms with Gasteiger partial charge in [-0.3, -0.25) is 4.79 Å². The van der Waals surface area contributed by atoms with Gasteiger partial charge in [0.1, 0.15) is 6.54 Å². The van der Waals surface area contributed by atoms with Crippen LogP contribution in [0.1, 0.15) is 15.4 Å². The zero-order chi connectivity index (χ0) is 13.7. The van der Waals surface area contributed by atoms with Gasteiger partial charge in [0.05, 0.1) is 19.9 Å². The second-order valence-electron chi connectivity index (χ2n) is 3.65. The highest BCUT2D eigenvalue weighted by Crippen LogP contribution is 2.07. The minimum atomic E-state index is -0.578. The number of thiophene rings is 1. The Morgan fingerprint density at radius 3 is 3.05 bits per heavy atom. The van der Waals surface area contributed by atoms with Crippen molar-refractivity contribution < 1.29 is 14.3 Å². The Morgan fingerprint density at radius 2 is 2.37 bits per heavy atom. The normalized spacial score (nSPS) is 10.2. The van der Waals surface area contributed by atoms with Crippen LogP contribution in [-0.2, 0) is 22.6 Å². The minimum absolute atomic E-state index is 0.00930. The molecule has 100 valence electrons. The number of nitrogens with zero attached hydrogens (tertiary/aromatic N) is 3. The highest BCUT2D eigenvalue weighted by atomic mass is 32.1.